The van der Waals surface area contributed by atoms with Gasteiger partial charge in [0.2, 0.25) is 0 Å². The summed E-state index contributed by atoms with van der Waals surface area (Å²) < 4.78 is 0. The first-order valence-electron chi connectivity index (χ1n) is 9.25. The quantitative estimate of drug-likeness (QED) is 0.355. The fourth-order valence-corrected chi connectivity index (χ4v) is 4.37. The molecule has 6 nitrogen and oxygen atoms in total. The lowest BCUT2D eigenvalue weighted by molar-refractivity contribution is -0.128. The predicted molar refractivity (Wildman–Crippen MR) is 106 cm³/mol. The number of nitrogens with one attached hydrogen (secondary N) is 1. The van der Waals surface area contributed by atoms with Crippen LogP contribution in [-0.2, 0) is 9.59 Å². The van der Waals surface area contributed by atoms with Crippen molar-refractivity contribution < 1.29 is 9.59 Å². The number of hydrogen-bond donors (Lipinski definition) is 1. The average molecular weight is 375 g/mol. The molecule has 2 amide bonds. The fourth-order valence-electron chi connectivity index (χ4n) is 4.12. The zero-order valence-corrected chi connectivity index (χ0v) is 16.2. The largest absolute Gasteiger partial charge is 0.354 e. The second kappa shape index (κ2) is 7.70. The molecule has 3 aliphatic heterocycles. The number of aliphatic imine (C=N–C) groups is 1. The van der Waals surface area contributed by atoms with E-state index in [-0.39, 0.29) is 35.1 Å². The second-order valence-corrected chi connectivity index (χ2v) is 7.58. The van der Waals surface area contributed by atoms with E-state index in [1.165, 1.54) is 17.2 Å². The molecular weight excluding hydrogens is 348 g/mol. The Hall–Kier alpha value is -2.02. The summed E-state index contributed by atoms with van der Waals surface area (Å²) in [5, 5.41) is 2.76. The van der Waals surface area contributed by atoms with Crippen LogP contribution in [0.2, 0.25) is 0 Å². The lowest BCUT2D eigenvalue weighted by Gasteiger charge is -2.32. The van der Waals surface area contributed by atoms with E-state index < -0.39 is 5.91 Å². The highest BCUT2D eigenvalue weighted by Gasteiger charge is 2.40. The number of carbonyl (C=O) groups excluding carboxylic acids is 2. The van der Waals surface area contributed by atoms with Gasteiger partial charge in [0.05, 0.1) is 5.84 Å². The Labute approximate surface area is 160 Å². The number of amides is 2. The second-order valence-electron chi connectivity index (χ2n) is 7.20. The maximum absolute atomic E-state index is 12.7. The van der Waals surface area contributed by atoms with Gasteiger partial charge >= 0.3 is 0 Å². The molecule has 0 saturated carbocycles. The van der Waals surface area contributed by atoms with Gasteiger partial charge in [0.1, 0.15) is 5.57 Å². The normalized spacial score (nSPS) is 31.3. The van der Waals surface area contributed by atoms with Gasteiger partial charge in [-0.05, 0) is 45.3 Å². The van der Waals surface area contributed by atoms with E-state index in [9.17, 15) is 9.59 Å². The van der Waals surface area contributed by atoms with Gasteiger partial charge in [-0.25, -0.2) is 0 Å². The van der Waals surface area contributed by atoms with Crippen LogP contribution in [0.15, 0.2) is 29.3 Å². The summed E-state index contributed by atoms with van der Waals surface area (Å²) in [6.45, 7) is 9.17. The lowest BCUT2D eigenvalue weighted by atomic mass is 9.96. The van der Waals surface area contributed by atoms with Gasteiger partial charge < -0.3 is 4.90 Å². The maximum atomic E-state index is 12.7. The highest BCUT2D eigenvalue weighted by molar-refractivity contribution is 7.80. The lowest BCUT2D eigenvalue weighted by Crippen LogP contribution is -2.54. The Morgan fingerprint density at radius 2 is 2.12 bits per heavy atom. The van der Waals surface area contributed by atoms with Crippen molar-refractivity contribution in [1.29, 1.82) is 0 Å². The minimum Gasteiger partial charge on any atom is -0.354 e. The van der Waals surface area contributed by atoms with Crippen LogP contribution in [0.5, 0.6) is 0 Å². The van der Waals surface area contributed by atoms with Crippen LogP contribution < -0.4 is 5.32 Å². The number of amidine groups is 1. The van der Waals surface area contributed by atoms with E-state index in [1.807, 2.05) is 6.08 Å². The van der Waals surface area contributed by atoms with Crippen molar-refractivity contribution in [2.75, 3.05) is 13.1 Å². The summed E-state index contributed by atoms with van der Waals surface area (Å²) >= 11 is 5.10. The predicted octanol–water partition coefficient (Wildman–Crippen LogP) is 2.02. The van der Waals surface area contributed by atoms with Gasteiger partial charge in [-0.15, -0.1) is 6.58 Å². The monoisotopic (exact) mass is 374 g/mol. The molecule has 0 aromatic carbocycles. The Kier molecular flexibility index (Phi) is 5.55. The number of rotatable bonds is 3. The number of thiocarbonyl (C=S) groups is 1. The highest BCUT2D eigenvalue weighted by atomic mass is 32.1. The third kappa shape index (κ3) is 3.45. The molecule has 7 heteroatoms. The average Bonchev–Trinajstić information content (AvgIpc) is 2.89. The summed E-state index contributed by atoms with van der Waals surface area (Å²) in [7, 11) is 0. The van der Waals surface area contributed by atoms with Crippen molar-refractivity contribution in [3.05, 3.63) is 24.3 Å². The van der Waals surface area contributed by atoms with Crippen molar-refractivity contribution in [2.24, 2.45) is 10.9 Å². The summed E-state index contributed by atoms with van der Waals surface area (Å²) in [6.07, 6.45) is 7.67. The Morgan fingerprint density at radius 1 is 1.35 bits per heavy atom. The first-order valence-corrected chi connectivity index (χ1v) is 9.66. The van der Waals surface area contributed by atoms with Crippen LogP contribution in [0.1, 0.15) is 39.5 Å². The molecule has 0 bridgehead atoms. The molecule has 0 aliphatic carbocycles. The van der Waals surface area contributed by atoms with E-state index in [0.29, 0.717) is 6.04 Å². The third-order valence-electron chi connectivity index (χ3n) is 5.43. The van der Waals surface area contributed by atoms with Gasteiger partial charge in [0.25, 0.3) is 11.8 Å². The third-order valence-corrected chi connectivity index (χ3v) is 5.75. The summed E-state index contributed by atoms with van der Waals surface area (Å²) in [4.78, 5) is 33.5. The molecule has 140 valence electrons. The molecule has 3 unspecified atom stereocenters. The topological polar surface area (TPSA) is 65.0 Å². The van der Waals surface area contributed by atoms with Crippen molar-refractivity contribution in [2.45, 2.75) is 51.6 Å². The first kappa shape index (κ1) is 18.8. The molecule has 0 aromatic rings. The SMILES string of the molecule is C=CCN1C(=O)/C(=C/C2CC(C)N(C3=NCCCC3)C2C)C(=O)NC1=S. The molecule has 3 aliphatic rings. The smallest absolute Gasteiger partial charge is 0.265 e. The van der Waals surface area contributed by atoms with Gasteiger partial charge in [0, 0.05) is 37.5 Å². The molecule has 0 aromatic heterocycles. The number of nitrogens with zero attached hydrogens (tertiary/aromatic N) is 3. The van der Waals surface area contributed by atoms with Crippen LogP contribution >= 0.6 is 12.2 Å². The van der Waals surface area contributed by atoms with E-state index >= 15 is 0 Å². The fraction of sp³-hybridized carbons (Fsp3) is 0.579. The number of likely N-dealkylation sites (tertiary alicyclic amines) is 1. The standard InChI is InChI=1S/C19H26N4O2S/c1-4-9-22-18(25)15(17(24)21-19(22)26)11-14-10-12(2)23(13(14)3)16-7-5-6-8-20-16/h4,11-14H,1,5-10H2,2-3H3,(H,21,24,26)/b15-11+. The summed E-state index contributed by atoms with van der Waals surface area (Å²) in [6, 6.07) is 0.549. The van der Waals surface area contributed by atoms with Gasteiger partial charge in [-0.1, -0.05) is 12.2 Å². The number of hydrogen-bond acceptors (Lipinski definition) is 5. The van der Waals surface area contributed by atoms with E-state index in [1.54, 1.807) is 6.08 Å². The summed E-state index contributed by atoms with van der Waals surface area (Å²) in [5.41, 5.74) is 0.178. The van der Waals surface area contributed by atoms with Crippen LogP contribution in [-0.4, -0.2) is 57.7 Å². The van der Waals surface area contributed by atoms with Crippen molar-refractivity contribution in [1.82, 2.24) is 15.1 Å². The van der Waals surface area contributed by atoms with Gasteiger partial charge in [0.15, 0.2) is 5.11 Å². The molecule has 1 N–H and O–H groups in total. The molecule has 2 saturated heterocycles. The zero-order valence-electron chi connectivity index (χ0n) is 15.4. The first-order chi connectivity index (χ1) is 12.4. The highest BCUT2D eigenvalue weighted by Crippen LogP contribution is 2.33. The summed E-state index contributed by atoms with van der Waals surface area (Å²) in [5.74, 6) is 0.545. The molecule has 26 heavy (non-hydrogen) atoms. The van der Waals surface area contributed by atoms with Crippen LogP contribution in [0, 0.1) is 5.92 Å². The van der Waals surface area contributed by atoms with Gasteiger partial charge in [-0.2, -0.15) is 0 Å². The molecule has 3 atom stereocenters. The number of carbonyl (C=O) groups is 2. The molecule has 3 heterocycles. The van der Waals surface area contributed by atoms with Crippen molar-refractivity contribution >= 4 is 35.0 Å². The van der Waals surface area contributed by atoms with Crippen LogP contribution in [0.25, 0.3) is 0 Å². The zero-order chi connectivity index (χ0) is 18.8. The maximum Gasteiger partial charge on any atom is 0.265 e. The molecule has 3 rings (SSSR count). The molecular formula is C19H26N4O2S. The minimum atomic E-state index is -0.409. The van der Waals surface area contributed by atoms with Gasteiger partial charge in [-0.3, -0.25) is 24.8 Å². The van der Waals surface area contributed by atoms with E-state index in [4.69, 9.17) is 17.2 Å². The Balaban J connectivity index is 1.83. The van der Waals surface area contributed by atoms with E-state index in [0.717, 1.165) is 25.8 Å². The van der Waals surface area contributed by atoms with Crippen molar-refractivity contribution in [3.8, 4) is 0 Å². The van der Waals surface area contributed by atoms with E-state index in [2.05, 4.69) is 30.6 Å². The molecule has 0 spiro atoms. The molecule has 0 radical (unpaired) electrons. The van der Waals surface area contributed by atoms with Crippen LogP contribution in [0.4, 0.5) is 0 Å². The minimum absolute atomic E-state index is 0.122. The van der Waals surface area contributed by atoms with Crippen molar-refractivity contribution in [3.63, 3.8) is 0 Å². The van der Waals surface area contributed by atoms with Crippen LogP contribution in [0.3, 0.4) is 0 Å². The Bertz CT molecular complexity index is 700. The molecule has 2 fully saturated rings. The Morgan fingerprint density at radius 3 is 2.77 bits per heavy atom.